The zero-order valence-corrected chi connectivity index (χ0v) is 10.7. The van der Waals surface area contributed by atoms with Gasteiger partial charge in [-0.3, -0.25) is 9.78 Å². The number of nitrogens with zero attached hydrogens (tertiary/aromatic N) is 1. The lowest BCUT2D eigenvalue weighted by Gasteiger charge is -1.97. The van der Waals surface area contributed by atoms with E-state index in [1.807, 2.05) is 42.6 Å². The van der Waals surface area contributed by atoms with Crippen LogP contribution in [0.3, 0.4) is 0 Å². The van der Waals surface area contributed by atoms with Crippen molar-refractivity contribution in [2.45, 2.75) is 0 Å². The fourth-order valence-electron chi connectivity index (χ4n) is 1.95. The Balaban J connectivity index is 1.92. The Morgan fingerprint density at radius 1 is 0.850 bits per heavy atom. The minimum Gasteiger partial charge on any atom is -0.298 e. The third kappa shape index (κ3) is 2.57. The lowest BCUT2D eigenvalue weighted by molar-refractivity contribution is 0.112. The van der Waals surface area contributed by atoms with E-state index >= 15 is 0 Å². The van der Waals surface area contributed by atoms with Gasteiger partial charge in [-0.1, -0.05) is 30.0 Å². The van der Waals surface area contributed by atoms with Gasteiger partial charge in [0.1, 0.15) is 6.29 Å². The quantitative estimate of drug-likeness (QED) is 0.493. The minimum absolute atomic E-state index is 0.661. The first kappa shape index (κ1) is 12.1. The number of pyridine rings is 1. The molecule has 0 aliphatic rings. The first-order chi connectivity index (χ1) is 9.85. The summed E-state index contributed by atoms with van der Waals surface area (Å²) < 4.78 is 0. The van der Waals surface area contributed by atoms with Crippen molar-refractivity contribution in [3.8, 4) is 11.8 Å². The van der Waals surface area contributed by atoms with Crippen molar-refractivity contribution in [2.24, 2.45) is 0 Å². The van der Waals surface area contributed by atoms with E-state index in [4.69, 9.17) is 0 Å². The molecular weight excluding hydrogens is 246 g/mol. The van der Waals surface area contributed by atoms with E-state index < -0.39 is 0 Å². The Bertz CT molecular complexity index is 823. The van der Waals surface area contributed by atoms with Gasteiger partial charge in [-0.05, 0) is 35.7 Å². The number of aldehydes is 1. The molecule has 0 N–H and O–H groups in total. The standard InChI is InChI=1S/C18H11NO/c20-13-16-5-2-14(3-6-16)1-4-15-7-8-18-12-19-10-9-17(18)11-15/h2-3,5-13H. The van der Waals surface area contributed by atoms with E-state index in [1.165, 1.54) is 0 Å². The zero-order chi connectivity index (χ0) is 13.8. The largest absolute Gasteiger partial charge is 0.298 e. The van der Waals surface area contributed by atoms with Crippen LogP contribution in [0, 0.1) is 11.8 Å². The van der Waals surface area contributed by atoms with Crippen molar-refractivity contribution < 1.29 is 4.79 Å². The lowest BCUT2D eigenvalue weighted by atomic mass is 10.1. The molecule has 0 atom stereocenters. The number of carbonyl (C=O) groups excluding carboxylic acids is 1. The summed E-state index contributed by atoms with van der Waals surface area (Å²) in [6, 6.07) is 15.2. The van der Waals surface area contributed by atoms with Crippen LogP contribution in [-0.4, -0.2) is 11.3 Å². The Morgan fingerprint density at radius 2 is 1.60 bits per heavy atom. The van der Waals surface area contributed by atoms with Crippen molar-refractivity contribution in [3.63, 3.8) is 0 Å². The molecule has 1 heterocycles. The third-order valence-corrected chi connectivity index (χ3v) is 3.04. The van der Waals surface area contributed by atoms with E-state index in [1.54, 1.807) is 18.3 Å². The fraction of sp³-hybridized carbons (Fsp3) is 0. The second-order valence-electron chi connectivity index (χ2n) is 4.43. The van der Waals surface area contributed by atoms with Gasteiger partial charge in [0.05, 0.1) is 0 Å². The second-order valence-corrected chi connectivity index (χ2v) is 4.43. The normalized spacial score (nSPS) is 9.80. The summed E-state index contributed by atoms with van der Waals surface area (Å²) in [6.45, 7) is 0. The van der Waals surface area contributed by atoms with E-state index in [-0.39, 0.29) is 0 Å². The predicted molar refractivity (Wildman–Crippen MR) is 79.6 cm³/mol. The van der Waals surface area contributed by atoms with Gasteiger partial charge in [0.2, 0.25) is 0 Å². The topological polar surface area (TPSA) is 30.0 Å². The van der Waals surface area contributed by atoms with Gasteiger partial charge in [-0.15, -0.1) is 0 Å². The van der Waals surface area contributed by atoms with E-state index in [0.717, 1.165) is 28.2 Å². The van der Waals surface area contributed by atoms with Crippen molar-refractivity contribution >= 4 is 17.1 Å². The summed E-state index contributed by atoms with van der Waals surface area (Å²) in [6.07, 6.45) is 4.44. The Hall–Kier alpha value is -2.92. The number of hydrogen-bond acceptors (Lipinski definition) is 2. The predicted octanol–water partition coefficient (Wildman–Crippen LogP) is 3.45. The fourth-order valence-corrected chi connectivity index (χ4v) is 1.95. The summed E-state index contributed by atoms with van der Waals surface area (Å²) in [4.78, 5) is 14.7. The highest BCUT2D eigenvalue weighted by Gasteiger charge is 1.94. The average Bonchev–Trinajstić information content (AvgIpc) is 2.53. The van der Waals surface area contributed by atoms with Crippen LogP contribution in [-0.2, 0) is 0 Å². The Labute approximate surface area is 117 Å². The van der Waals surface area contributed by atoms with Crippen LogP contribution in [0.15, 0.2) is 60.9 Å². The van der Waals surface area contributed by atoms with Crippen molar-refractivity contribution in [2.75, 3.05) is 0 Å². The SMILES string of the molecule is O=Cc1ccc(C#Cc2ccc3cnccc3c2)cc1. The molecule has 3 aromatic rings. The lowest BCUT2D eigenvalue weighted by Crippen LogP contribution is -1.81. The number of aromatic nitrogens is 1. The first-order valence-electron chi connectivity index (χ1n) is 6.26. The average molecular weight is 257 g/mol. The Kier molecular flexibility index (Phi) is 3.26. The summed E-state index contributed by atoms with van der Waals surface area (Å²) in [5, 5.41) is 2.23. The van der Waals surface area contributed by atoms with Crippen LogP contribution in [0.2, 0.25) is 0 Å². The molecule has 0 fully saturated rings. The molecule has 0 bridgehead atoms. The molecular formula is C18H11NO. The molecule has 0 aliphatic heterocycles. The molecule has 0 unspecified atom stereocenters. The maximum atomic E-state index is 10.6. The molecule has 0 amide bonds. The van der Waals surface area contributed by atoms with E-state index in [2.05, 4.69) is 16.8 Å². The highest BCUT2D eigenvalue weighted by molar-refractivity contribution is 5.82. The maximum absolute atomic E-state index is 10.6. The Morgan fingerprint density at radius 3 is 2.40 bits per heavy atom. The molecule has 2 heteroatoms. The number of fused-ring (bicyclic) bond motifs is 1. The molecule has 0 saturated carbocycles. The number of hydrogen-bond donors (Lipinski definition) is 0. The molecule has 0 saturated heterocycles. The molecule has 2 aromatic carbocycles. The van der Waals surface area contributed by atoms with Crippen LogP contribution >= 0.6 is 0 Å². The summed E-state index contributed by atoms with van der Waals surface area (Å²) in [5.74, 6) is 6.23. The molecule has 0 spiro atoms. The molecule has 20 heavy (non-hydrogen) atoms. The van der Waals surface area contributed by atoms with Crippen molar-refractivity contribution in [1.29, 1.82) is 0 Å². The van der Waals surface area contributed by atoms with Crippen molar-refractivity contribution in [3.05, 3.63) is 77.6 Å². The van der Waals surface area contributed by atoms with Crippen molar-refractivity contribution in [1.82, 2.24) is 4.98 Å². The van der Waals surface area contributed by atoms with E-state index in [0.29, 0.717) is 5.56 Å². The number of carbonyl (C=O) groups is 1. The first-order valence-corrected chi connectivity index (χ1v) is 6.26. The molecule has 0 aliphatic carbocycles. The highest BCUT2D eigenvalue weighted by Crippen LogP contribution is 2.13. The van der Waals surface area contributed by atoms with Crippen LogP contribution in [0.5, 0.6) is 0 Å². The van der Waals surface area contributed by atoms with Gasteiger partial charge < -0.3 is 0 Å². The van der Waals surface area contributed by atoms with Gasteiger partial charge in [0.25, 0.3) is 0 Å². The summed E-state index contributed by atoms with van der Waals surface area (Å²) in [5.41, 5.74) is 2.52. The van der Waals surface area contributed by atoms with Crippen LogP contribution in [0.25, 0.3) is 10.8 Å². The van der Waals surface area contributed by atoms with E-state index in [9.17, 15) is 4.79 Å². The van der Waals surface area contributed by atoms with Gasteiger partial charge in [0, 0.05) is 34.5 Å². The van der Waals surface area contributed by atoms with Gasteiger partial charge in [-0.2, -0.15) is 0 Å². The second kappa shape index (κ2) is 5.38. The molecule has 0 radical (unpaired) electrons. The molecule has 3 rings (SSSR count). The van der Waals surface area contributed by atoms with Crippen LogP contribution < -0.4 is 0 Å². The van der Waals surface area contributed by atoms with Crippen LogP contribution in [0.1, 0.15) is 21.5 Å². The zero-order valence-electron chi connectivity index (χ0n) is 10.7. The van der Waals surface area contributed by atoms with Gasteiger partial charge in [0.15, 0.2) is 0 Å². The number of benzene rings is 2. The molecule has 1 aromatic heterocycles. The number of rotatable bonds is 1. The molecule has 94 valence electrons. The third-order valence-electron chi connectivity index (χ3n) is 3.04. The monoisotopic (exact) mass is 257 g/mol. The molecule has 2 nitrogen and oxygen atoms in total. The minimum atomic E-state index is 0.661. The summed E-state index contributed by atoms with van der Waals surface area (Å²) >= 11 is 0. The smallest absolute Gasteiger partial charge is 0.150 e. The van der Waals surface area contributed by atoms with Gasteiger partial charge >= 0.3 is 0 Å². The van der Waals surface area contributed by atoms with Crippen LogP contribution in [0.4, 0.5) is 0 Å². The van der Waals surface area contributed by atoms with Gasteiger partial charge in [-0.25, -0.2) is 0 Å². The highest BCUT2D eigenvalue weighted by atomic mass is 16.1. The maximum Gasteiger partial charge on any atom is 0.150 e. The summed E-state index contributed by atoms with van der Waals surface area (Å²) in [7, 11) is 0.